The molecule has 3 heteroatoms. The van der Waals surface area contributed by atoms with Gasteiger partial charge in [0.2, 0.25) is 5.91 Å². The summed E-state index contributed by atoms with van der Waals surface area (Å²) in [6.07, 6.45) is 8.32. The van der Waals surface area contributed by atoms with Crippen molar-refractivity contribution in [2.75, 3.05) is 7.11 Å². The number of carbonyl (C=O) groups is 1. The van der Waals surface area contributed by atoms with Gasteiger partial charge in [-0.05, 0) is 30.5 Å². The van der Waals surface area contributed by atoms with Crippen molar-refractivity contribution in [3.05, 3.63) is 29.8 Å². The van der Waals surface area contributed by atoms with Gasteiger partial charge in [-0.1, -0.05) is 31.4 Å². The van der Waals surface area contributed by atoms with E-state index in [0.29, 0.717) is 12.8 Å². The number of aryl methyl sites for hydroxylation is 1. The normalized spacial score (nSPS) is 11.4. The zero-order valence-corrected chi connectivity index (χ0v) is 11.6. The number of terminal acetylenes is 1. The van der Waals surface area contributed by atoms with E-state index in [-0.39, 0.29) is 11.9 Å². The number of rotatable bonds is 7. The molecule has 0 aliphatic carbocycles. The van der Waals surface area contributed by atoms with Crippen LogP contribution in [-0.4, -0.2) is 19.1 Å². The number of hydrogen-bond donors (Lipinski definition) is 1. The van der Waals surface area contributed by atoms with Crippen molar-refractivity contribution in [2.24, 2.45) is 0 Å². The van der Waals surface area contributed by atoms with Crippen LogP contribution in [0.4, 0.5) is 0 Å². The highest BCUT2D eigenvalue weighted by molar-refractivity contribution is 5.76. The molecule has 0 bridgehead atoms. The number of methoxy groups -OCH3 is 1. The van der Waals surface area contributed by atoms with Gasteiger partial charge >= 0.3 is 0 Å². The van der Waals surface area contributed by atoms with Gasteiger partial charge in [0, 0.05) is 6.42 Å². The van der Waals surface area contributed by atoms with E-state index in [0.717, 1.165) is 24.2 Å². The monoisotopic (exact) mass is 259 g/mol. The highest BCUT2D eigenvalue weighted by Gasteiger charge is 2.08. The largest absolute Gasteiger partial charge is 0.497 e. The number of nitrogens with one attached hydrogen (secondary N) is 1. The summed E-state index contributed by atoms with van der Waals surface area (Å²) in [7, 11) is 1.64. The maximum Gasteiger partial charge on any atom is 0.221 e. The van der Waals surface area contributed by atoms with Crippen LogP contribution in [0.1, 0.15) is 31.7 Å². The summed E-state index contributed by atoms with van der Waals surface area (Å²) in [5, 5.41) is 2.86. The van der Waals surface area contributed by atoms with Gasteiger partial charge in [0.15, 0.2) is 0 Å². The van der Waals surface area contributed by atoms with Crippen molar-refractivity contribution in [3.63, 3.8) is 0 Å². The summed E-state index contributed by atoms with van der Waals surface area (Å²) in [4.78, 5) is 11.8. The van der Waals surface area contributed by atoms with Crippen molar-refractivity contribution in [1.29, 1.82) is 0 Å². The molecule has 1 amide bonds. The van der Waals surface area contributed by atoms with Crippen LogP contribution < -0.4 is 10.1 Å². The molecule has 0 aliphatic heterocycles. The lowest BCUT2D eigenvalue weighted by atomic mass is 10.1. The number of carbonyl (C=O) groups excluding carboxylic acids is 1. The highest BCUT2D eigenvalue weighted by atomic mass is 16.5. The maximum absolute atomic E-state index is 11.8. The average molecular weight is 259 g/mol. The van der Waals surface area contributed by atoms with Crippen molar-refractivity contribution >= 4 is 5.91 Å². The minimum Gasteiger partial charge on any atom is -0.497 e. The molecule has 1 rings (SSSR count). The first-order valence-corrected chi connectivity index (χ1v) is 6.58. The Balaban J connectivity index is 2.39. The predicted octanol–water partition coefficient (Wildman–Crippen LogP) is 2.55. The van der Waals surface area contributed by atoms with Crippen LogP contribution in [0, 0.1) is 12.3 Å². The fourth-order valence-electron chi connectivity index (χ4n) is 1.80. The van der Waals surface area contributed by atoms with Crippen LogP contribution in [0.2, 0.25) is 0 Å². The molecule has 0 spiro atoms. The number of hydrogen-bond acceptors (Lipinski definition) is 2. The molecule has 1 unspecified atom stereocenters. The lowest BCUT2D eigenvalue weighted by Gasteiger charge is -2.11. The molecule has 0 saturated carbocycles. The summed E-state index contributed by atoms with van der Waals surface area (Å²) in [5.41, 5.74) is 1.11. The topological polar surface area (TPSA) is 38.3 Å². The Bertz CT molecular complexity index is 431. The van der Waals surface area contributed by atoms with Crippen LogP contribution in [0.25, 0.3) is 0 Å². The summed E-state index contributed by atoms with van der Waals surface area (Å²) < 4.78 is 5.09. The smallest absolute Gasteiger partial charge is 0.221 e. The highest BCUT2D eigenvalue weighted by Crippen LogP contribution is 2.12. The third kappa shape index (κ3) is 5.48. The second-order valence-electron chi connectivity index (χ2n) is 4.42. The minimum atomic E-state index is -0.145. The number of benzene rings is 1. The first kappa shape index (κ1) is 15.1. The Morgan fingerprint density at radius 2 is 2.11 bits per heavy atom. The Kier molecular flexibility index (Phi) is 6.52. The van der Waals surface area contributed by atoms with E-state index in [1.807, 2.05) is 31.2 Å². The fraction of sp³-hybridized carbons (Fsp3) is 0.438. The van der Waals surface area contributed by atoms with Crippen LogP contribution in [0.3, 0.4) is 0 Å². The molecule has 0 aromatic heterocycles. The van der Waals surface area contributed by atoms with E-state index in [4.69, 9.17) is 11.2 Å². The molecule has 0 aliphatic rings. The zero-order chi connectivity index (χ0) is 14.1. The fourth-order valence-corrected chi connectivity index (χ4v) is 1.80. The molecule has 0 fully saturated rings. The SMILES string of the molecule is C#CC(CCC)NC(=O)CCc1ccc(OC)cc1. The van der Waals surface area contributed by atoms with Gasteiger partial charge in [0.05, 0.1) is 13.2 Å². The maximum atomic E-state index is 11.8. The Hall–Kier alpha value is -1.95. The Morgan fingerprint density at radius 1 is 1.42 bits per heavy atom. The molecule has 102 valence electrons. The Morgan fingerprint density at radius 3 is 2.63 bits per heavy atom. The lowest BCUT2D eigenvalue weighted by Crippen LogP contribution is -2.33. The standard InChI is InChI=1S/C16H21NO2/c1-4-6-14(5-2)17-16(18)12-9-13-7-10-15(19-3)11-8-13/h2,7-8,10-11,14H,4,6,9,12H2,1,3H3,(H,17,18). The lowest BCUT2D eigenvalue weighted by molar-refractivity contribution is -0.121. The van der Waals surface area contributed by atoms with E-state index in [1.165, 1.54) is 0 Å². The van der Waals surface area contributed by atoms with E-state index in [2.05, 4.69) is 11.2 Å². The second-order valence-corrected chi connectivity index (χ2v) is 4.42. The predicted molar refractivity (Wildman–Crippen MR) is 77.0 cm³/mol. The molecule has 1 atom stereocenters. The van der Waals surface area contributed by atoms with Gasteiger partial charge in [-0.25, -0.2) is 0 Å². The van der Waals surface area contributed by atoms with Gasteiger partial charge in [0.1, 0.15) is 5.75 Å². The third-order valence-corrected chi connectivity index (χ3v) is 2.91. The van der Waals surface area contributed by atoms with Crippen molar-refractivity contribution in [1.82, 2.24) is 5.32 Å². The van der Waals surface area contributed by atoms with E-state index in [9.17, 15) is 4.79 Å². The summed E-state index contributed by atoms with van der Waals surface area (Å²) in [6, 6.07) is 7.59. The minimum absolute atomic E-state index is 0.00668. The van der Waals surface area contributed by atoms with Gasteiger partial charge < -0.3 is 10.1 Å². The second kappa shape index (κ2) is 8.20. The first-order valence-electron chi connectivity index (χ1n) is 6.58. The van der Waals surface area contributed by atoms with Gasteiger partial charge in [0.25, 0.3) is 0 Å². The molecule has 1 aromatic carbocycles. The van der Waals surface area contributed by atoms with Gasteiger partial charge in [-0.2, -0.15) is 0 Å². The molecular weight excluding hydrogens is 238 g/mol. The molecule has 0 radical (unpaired) electrons. The molecule has 0 saturated heterocycles. The van der Waals surface area contributed by atoms with E-state index in [1.54, 1.807) is 7.11 Å². The molecule has 3 nitrogen and oxygen atoms in total. The zero-order valence-electron chi connectivity index (χ0n) is 11.6. The van der Waals surface area contributed by atoms with Gasteiger partial charge in [-0.15, -0.1) is 6.42 Å². The summed E-state index contributed by atoms with van der Waals surface area (Å²) >= 11 is 0. The van der Waals surface area contributed by atoms with Crippen molar-refractivity contribution in [3.8, 4) is 18.1 Å². The third-order valence-electron chi connectivity index (χ3n) is 2.91. The summed E-state index contributed by atoms with van der Waals surface area (Å²) in [6.45, 7) is 2.05. The number of amides is 1. The molecular formula is C16H21NO2. The summed E-state index contributed by atoms with van der Waals surface area (Å²) in [5.74, 6) is 3.43. The molecule has 0 heterocycles. The first-order chi connectivity index (χ1) is 9.19. The molecule has 1 aromatic rings. The van der Waals surface area contributed by atoms with Crippen LogP contribution >= 0.6 is 0 Å². The van der Waals surface area contributed by atoms with Gasteiger partial charge in [-0.3, -0.25) is 4.79 Å². The molecule has 19 heavy (non-hydrogen) atoms. The average Bonchev–Trinajstić information content (AvgIpc) is 2.45. The van der Waals surface area contributed by atoms with Crippen molar-refractivity contribution in [2.45, 2.75) is 38.6 Å². The van der Waals surface area contributed by atoms with Crippen LogP contribution in [0.5, 0.6) is 5.75 Å². The van der Waals surface area contributed by atoms with E-state index >= 15 is 0 Å². The van der Waals surface area contributed by atoms with Crippen LogP contribution in [-0.2, 0) is 11.2 Å². The van der Waals surface area contributed by atoms with E-state index < -0.39 is 0 Å². The molecule has 1 N–H and O–H groups in total. The number of ether oxygens (including phenoxy) is 1. The Labute approximate surface area is 115 Å². The van der Waals surface area contributed by atoms with Crippen LogP contribution in [0.15, 0.2) is 24.3 Å². The van der Waals surface area contributed by atoms with Crippen molar-refractivity contribution < 1.29 is 9.53 Å². The quantitative estimate of drug-likeness (QED) is 0.764.